The van der Waals surface area contributed by atoms with Gasteiger partial charge in [0.15, 0.2) is 0 Å². The number of rotatable bonds is 7. The minimum Gasteiger partial charge on any atom is -0.496 e. The van der Waals surface area contributed by atoms with Crippen LogP contribution < -0.4 is 10.1 Å². The van der Waals surface area contributed by atoms with Crippen LogP contribution >= 0.6 is 18.9 Å². The largest absolute Gasteiger partial charge is 0.496 e. The van der Waals surface area contributed by atoms with Crippen LogP contribution in [0.25, 0.3) is 10.1 Å². The number of hydrogen-bond acceptors (Lipinski definition) is 7. The van der Waals surface area contributed by atoms with E-state index in [1.807, 2.05) is 6.07 Å². The summed E-state index contributed by atoms with van der Waals surface area (Å²) in [7, 11) is -3.37. The summed E-state index contributed by atoms with van der Waals surface area (Å²) in [6.07, 6.45) is 7.16. The van der Waals surface area contributed by atoms with Gasteiger partial charge in [-0.15, -0.1) is 11.3 Å². The van der Waals surface area contributed by atoms with E-state index in [0.717, 1.165) is 41.9 Å². The summed E-state index contributed by atoms with van der Waals surface area (Å²) in [6.45, 7) is 1.06. The number of ether oxygens (including phenoxy) is 1. The van der Waals surface area contributed by atoms with Gasteiger partial charge in [0.1, 0.15) is 17.8 Å². The molecule has 1 aliphatic carbocycles. The average Bonchev–Trinajstić information content (AvgIpc) is 3.35. The Bertz CT molecular complexity index is 1720. The molecule has 3 saturated heterocycles. The van der Waals surface area contributed by atoms with Gasteiger partial charge < -0.3 is 29.6 Å². The number of fused-ring (bicyclic) bond motifs is 3. The number of aromatic nitrogens is 1. The van der Waals surface area contributed by atoms with Crippen molar-refractivity contribution in [2.24, 2.45) is 11.8 Å². The van der Waals surface area contributed by atoms with Gasteiger partial charge in [0, 0.05) is 47.7 Å². The lowest BCUT2D eigenvalue weighted by Crippen LogP contribution is -2.59. The van der Waals surface area contributed by atoms with E-state index in [4.69, 9.17) is 4.74 Å². The van der Waals surface area contributed by atoms with Gasteiger partial charge in [-0.25, -0.2) is 4.39 Å². The zero-order valence-corrected chi connectivity index (χ0v) is 26.3. The zero-order valence-electron chi connectivity index (χ0n) is 24.5. The fraction of sp³-hybridized carbons (Fsp3) is 0.484. The number of alkyl halides is 1. The molecule has 0 spiro atoms. The van der Waals surface area contributed by atoms with E-state index in [1.54, 1.807) is 35.4 Å². The predicted molar refractivity (Wildman–Crippen MR) is 164 cm³/mol. The number of benzene rings is 1. The number of hydrogen-bond donors (Lipinski definition) is 3. The van der Waals surface area contributed by atoms with Gasteiger partial charge in [-0.1, -0.05) is 6.07 Å². The molecule has 45 heavy (non-hydrogen) atoms. The van der Waals surface area contributed by atoms with E-state index in [0.29, 0.717) is 52.7 Å². The molecule has 1 aromatic carbocycles. The highest BCUT2D eigenvalue weighted by Gasteiger charge is 2.52. The molecule has 0 radical (unpaired) electrons. The normalized spacial score (nSPS) is 27.2. The van der Waals surface area contributed by atoms with Gasteiger partial charge in [-0.05, 0) is 79.2 Å². The molecule has 11 nitrogen and oxygen atoms in total. The SMILES string of the molecule is COc1ccncc1C1CN(C(=O)[C@@H]2CC[C@@H]3C[C@@H]4C[C@@H]4C[C@H](NC(=O)c4cc5cc([C@@H](F)P(=O)(O)O)ccc5s4)C(=O)N32)C1. The van der Waals surface area contributed by atoms with Gasteiger partial charge in [0.25, 0.3) is 5.91 Å². The van der Waals surface area contributed by atoms with E-state index in [2.05, 4.69) is 10.3 Å². The van der Waals surface area contributed by atoms with Crippen molar-refractivity contribution in [3.63, 3.8) is 0 Å². The number of nitrogens with one attached hydrogen (secondary N) is 1. The van der Waals surface area contributed by atoms with E-state index in [9.17, 15) is 33.1 Å². The van der Waals surface area contributed by atoms with Crippen molar-refractivity contribution < 1.29 is 37.9 Å². The van der Waals surface area contributed by atoms with Crippen molar-refractivity contribution in [3.8, 4) is 5.75 Å². The van der Waals surface area contributed by atoms with Crippen LogP contribution in [0, 0.1) is 11.8 Å². The molecular formula is C31H34FN4O7PS. The highest BCUT2D eigenvalue weighted by atomic mass is 32.1. The molecule has 0 unspecified atom stereocenters. The first kappa shape index (κ1) is 30.3. The number of likely N-dealkylation sites (tertiary alicyclic amines) is 1. The Hall–Kier alpha value is -3.38. The smallest absolute Gasteiger partial charge is 0.363 e. The predicted octanol–water partition coefficient (Wildman–Crippen LogP) is 3.96. The Morgan fingerprint density at radius 1 is 1.13 bits per heavy atom. The minimum absolute atomic E-state index is 0.0398. The molecule has 4 aliphatic rings. The highest BCUT2D eigenvalue weighted by Crippen LogP contribution is 2.53. The summed E-state index contributed by atoms with van der Waals surface area (Å²) in [6, 6.07) is 6.12. The molecule has 3 amide bonds. The van der Waals surface area contributed by atoms with Crippen molar-refractivity contribution in [3.05, 3.63) is 58.7 Å². The molecule has 2 aromatic heterocycles. The topological polar surface area (TPSA) is 149 Å². The van der Waals surface area contributed by atoms with Crippen molar-refractivity contribution >= 4 is 46.7 Å². The summed E-state index contributed by atoms with van der Waals surface area (Å²) in [5, 5.41) is 3.42. The molecule has 4 fully saturated rings. The Kier molecular flexibility index (Phi) is 7.71. The molecule has 3 aliphatic heterocycles. The van der Waals surface area contributed by atoms with E-state index in [1.165, 1.54) is 18.2 Å². The average molecular weight is 657 g/mol. The standard InChI is InChI=1S/C31H34FN4O7PS/c1-43-25-6-7-33-13-22(25)20-14-35(15-20)31(39)24-4-3-21-10-17-9-18(17)11-23(30(38)36(21)24)34-29(37)27-12-19-8-16(2-5-26(19)45-27)28(32)44(40,41)42/h2,5-8,12-13,17-18,20-21,23-24,28H,3-4,9-11,14-15H2,1H3,(H,34,37)(H2,40,41,42)/t17-,18+,21+,23-,24-,28-/m0/s1. The molecule has 5 heterocycles. The van der Waals surface area contributed by atoms with Gasteiger partial charge in [0.05, 0.1) is 12.0 Å². The monoisotopic (exact) mass is 656 g/mol. The fourth-order valence-corrected chi connectivity index (χ4v) is 8.82. The Labute approximate surface area is 262 Å². The van der Waals surface area contributed by atoms with E-state index in [-0.39, 0.29) is 29.3 Å². The Morgan fingerprint density at radius 2 is 1.91 bits per heavy atom. The maximum absolute atomic E-state index is 14.3. The van der Waals surface area contributed by atoms with Crippen LogP contribution in [0.2, 0.25) is 0 Å². The lowest BCUT2D eigenvalue weighted by molar-refractivity contribution is -0.149. The first-order valence-electron chi connectivity index (χ1n) is 15.1. The van der Waals surface area contributed by atoms with Crippen LogP contribution in [0.3, 0.4) is 0 Å². The van der Waals surface area contributed by atoms with Gasteiger partial charge in [-0.3, -0.25) is 23.9 Å². The second kappa shape index (κ2) is 11.5. The number of carbonyl (C=O) groups is 3. The van der Waals surface area contributed by atoms with Crippen LogP contribution in [-0.2, 0) is 14.2 Å². The summed E-state index contributed by atoms with van der Waals surface area (Å²) < 4.78 is 31.8. The Morgan fingerprint density at radius 3 is 2.67 bits per heavy atom. The first-order valence-corrected chi connectivity index (χ1v) is 17.6. The third kappa shape index (κ3) is 5.64. The van der Waals surface area contributed by atoms with Gasteiger partial charge in [0.2, 0.25) is 17.7 Å². The number of nitrogens with zero attached hydrogens (tertiary/aromatic N) is 3. The number of pyridine rings is 1. The van der Waals surface area contributed by atoms with Crippen molar-refractivity contribution in [2.45, 2.75) is 62.1 Å². The lowest BCUT2D eigenvalue weighted by atomic mass is 9.91. The molecule has 3 N–H and O–H groups in total. The Balaban J connectivity index is 1.07. The van der Waals surface area contributed by atoms with E-state index < -0.39 is 31.5 Å². The molecule has 14 heteroatoms. The summed E-state index contributed by atoms with van der Waals surface area (Å²) in [5.41, 5.74) is 0.793. The van der Waals surface area contributed by atoms with Crippen molar-refractivity contribution in [2.75, 3.05) is 20.2 Å². The maximum atomic E-state index is 14.3. The van der Waals surface area contributed by atoms with Crippen LogP contribution in [0.15, 0.2) is 42.7 Å². The quantitative estimate of drug-likeness (QED) is 0.324. The molecule has 1 saturated carbocycles. The van der Waals surface area contributed by atoms with Crippen LogP contribution in [0.5, 0.6) is 5.75 Å². The molecule has 3 aromatic rings. The van der Waals surface area contributed by atoms with Gasteiger partial charge in [-0.2, -0.15) is 0 Å². The lowest BCUT2D eigenvalue weighted by Gasteiger charge is -2.43. The first-order chi connectivity index (χ1) is 21.5. The number of halogens is 1. The number of carbonyl (C=O) groups excluding carboxylic acids is 3. The second-order valence-electron chi connectivity index (χ2n) is 12.6. The van der Waals surface area contributed by atoms with Crippen molar-refractivity contribution in [1.29, 1.82) is 0 Å². The molecule has 6 atom stereocenters. The van der Waals surface area contributed by atoms with E-state index >= 15 is 0 Å². The summed E-state index contributed by atoms with van der Waals surface area (Å²) >= 11 is 1.16. The summed E-state index contributed by atoms with van der Waals surface area (Å²) in [5.74, 6) is -1.53. The summed E-state index contributed by atoms with van der Waals surface area (Å²) in [4.78, 5) is 67.9. The molecule has 238 valence electrons. The second-order valence-corrected chi connectivity index (χ2v) is 15.4. The van der Waals surface area contributed by atoms with Crippen LogP contribution in [0.1, 0.15) is 64.7 Å². The highest BCUT2D eigenvalue weighted by molar-refractivity contribution is 7.51. The third-order valence-electron chi connectivity index (χ3n) is 9.83. The zero-order chi connectivity index (χ0) is 31.6. The van der Waals surface area contributed by atoms with Crippen LogP contribution in [0.4, 0.5) is 4.39 Å². The number of amides is 3. The van der Waals surface area contributed by atoms with Gasteiger partial charge >= 0.3 is 7.60 Å². The molecular weight excluding hydrogens is 622 g/mol. The van der Waals surface area contributed by atoms with Crippen LogP contribution in [-0.4, -0.2) is 80.6 Å². The number of methoxy groups -OCH3 is 1. The minimum atomic E-state index is -4.98. The van der Waals surface area contributed by atoms with Crippen molar-refractivity contribution in [1.82, 2.24) is 20.1 Å². The molecule has 7 rings (SSSR count). The third-order valence-corrected chi connectivity index (χ3v) is 11.8. The maximum Gasteiger partial charge on any atom is 0.363 e. The number of thiophene rings is 1. The fourth-order valence-electron chi connectivity index (χ4n) is 7.33. The molecule has 0 bridgehead atoms.